The summed E-state index contributed by atoms with van der Waals surface area (Å²) in [7, 11) is 0. The second kappa shape index (κ2) is 5.35. The van der Waals surface area contributed by atoms with E-state index in [1.165, 1.54) is 0 Å². The highest BCUT2D eigenvalue weighted by atomic mass is 16.2. The summed E-state index contributed by atoms with van der Waals surface area (Å²) in [6.45, 7) is 5.02. The minimum absolute atomic E-state index is 0.0206. The predicted octanol–water partition coefficient (Wildman–Crippen LogP) is 1.63. The Morgan fingerprint density at radius 2 is 2.33 bits per heavy atom. The van der Waals surface area contributed by atoms with Gasteiger partial charge in [0.25, 0.3) is 5.91 Å². The van der Waals surface area contributed by atoms with Gasteiger partial charge in [-0.05, 0) is 30.9 Å². The molecule has 0 aromatic carbocycles. The molecule has 1 heterocycles. The molecule has 5 heteroatoms. The number of carbonyl (C=O) groups excluding carboxylic acids is 1. The van der Waals surface area contributed by atoms with E-state index >= 15 is 0 Å². The molecule has 1 aliphatic carbocycles. The Morgan fingerprint density at radius 1 is 1.61 bits per heavy atom. The van der Waals surface area contributed by atoms with Crippen molar-refractivity contribution in [2.45, 2.75) is 32.7 Å². The number of pyridine rings is 1. The molecule has 3 N–H and O–H groups in total. The third kappa shape index (κ3) is 2.79. The van der Waals surface area contributed by atoms with Crippen LogP contribution in [0.2, 0.25) is 0 Å². The van der Waals surface area contributed by atoms with Crippen molar-refractivity contribution in [2.24, 2.45) is 11.8 Å². The zero-order valence-corrected chi connectivity index (χ0v) is 10.9. The monoisotopic (exact) mass is 248 g/mol. The molecule has 18 heavy (non-hydrogen) atoms. The van der Waals surface area contributed by atoms with Crippen LogP contribution in [0.4, 0.5) is 5.82 Å². The molecule has 98 valence electrons. The highest BCUT2D eigenvalue weighted by Crippen LogP contribution is 2.29. The number of rotatable bonds is 5. The van der Waals surface area contributed by atoms with Crippen molar-refractivity contribution >= 4 is 11.7 Å². The van der Waals surface area contributed by atoms with Gasteiger partial charge in [-0.3, -0.25) is 4.79 Å². The van der Waals surface area contributed by atoms with Crippen LogP contribution in [0.5, 0.6) is 0 Å². The van der Waals surface area contributed by atoms with Crippen molar-refractivity contribution in [3.05, 3.63) is 23.9 Å². The lowest BCUT2D eigenvalue weighted by Crippen LogP contribution is -2.36. The minimum Gasteiger partial charge on any atom is -0.335 e. The molecule has 2 rings (SSSR count). The number of carbonyl (C=O) groups is 1. The molecule has 0 saturated heterocycles. The van der Waals surface area contributed by atoms with Gasteiger partial charge in [0.1, 0.15) is 0 Å². The number of nitrogens with one attached hydrogen (secondary N) is 1. The molecule has 1 amide bonds. The van der Waals surface area contributed by atoms with E-state index in [1.54, 1.807) is 18.3 Å². The fraction of sp³-hybridized carbons (Fsp3) is 0.538. The van der Waals surface area contributed by atoms with E-state index in [0.29, 0.717) is 23.3 Å². The smallest absolute Gasteiger partial charge is 0.257 e. The van der Waals surface area contributed by atoms with Gasteiger partial charge in [0.05, 0.1) is 5.56 Å². The third-order valence-electron chi connectivity index (χ3n) is 2.99. The molecular formula is C13H20N4O. The normalized spacial score (nSPS) is 14.7. The number of hydrogen-bond acceptors (Lipinski definition) is 4. The Bertz CT molecular complexity index is 429. The number of hydrogen-bond donors (Lipinski definition) is 2. The van der Waals surface area contributed by atoms with Gasteiger partial charge >= 0.3 is 0 Å². The van der Waals surface area contributed by atoms with E-state index in [2.05, 4.69) is 24.3 Å². The Hall–Kier alpha value is -1.62. The van der Waals surface area contributed by atoms with Crippen LogP contribution in [0.1, 0.15) is 37.0 Å². The standard InChI is InChI=1S/C13H20N4O/c1-9(2)8-17(10-5-6-10)13(18)11-4-3-7-15-12(11)16-14/h3-4,7,9-10H,5-6,8,14H2,1-2H3,(H,15,16). The van der Waals surface area contributed by atoms with Crippen LogP contribution in [-0.4, -0.2) is 28.4 Å². The summed E-state index contributed by atoms with van der Waals surface area (Å²) >= 11 is 0. The first-order valence-corrected chi connectivity index (χ1v) is 6.36. The van der Waals surface area contributed by atoms with Crippen LogP contribution in [0.3, 0.4) is 0 Å². The fourth-order valence-electron chi connectivity index (χ4n) is 2.03. The van der Waals surface area contributed by atoms with E-state index in [1.807, 2.05) is 4.90 Å². The van der Waals surface area contributed by atoms with Crippen LogP contribution in [0.25, 0.3) is 0 Å². The lowest BCUT2D eigenvalue weighted by atomic mass is 10.1. The quantitative estimate of drug-likeness (QED) is 0.613. The molecule has 0 spiro atoms. The number of amides is 1. The molecule has 1 aromatic rings. The Balaban J connectivity index is 2.21. The maximum absolute atomic E-state index is 12.5. The van der Waals surface area contributed by atoms with E-state index in [4.69, 9.17) is 5.84 Å². The van der Waals surface area contributed by atoms with Crippen molar-refractivity contribution in [2.75, 3.05) is 12.0 Å². The number of nitrogens with zero attached hydrogens (tertiary/aromatic N) is 2. The average Bonchev–Trinajstić information content (AvgIpc) is 3.19. The molecule has 0 atom stereocenters. The van der Waals surface area contributed by atoms with Gasteiger partial charge in [0, 0.05) is 18.8 Å². The predicted molar refractivity (Wildman–Crippen MR) is 70.9 cm³/mol. The Morgan fingerprint density at radius 3 is 2.89 bits per heavy atom. The summed E-state index contributed by atoms with van der Waals surface area (Å²) < 4.78 is 0. The number of anilines is 1. The molecule has 0 aliphatic heterocycles. The highest BCUT2D eigenvalue weighted by molar-refractivity contribution is 5.99. The second-order valence-electron chi connectivity index (χ2n) is 5.13. The average molecular weight is 248 g/mol. The van der Waals surface area contributed by atoms with Crippen LogP contribution in [0.15, 0.2) is 18.3 Å². The summed E-state index contributed by atoms with van der Waals surface area (Å²) in [5, 5.41) is 0. The van der Waals surface area contributed by atoms with Gasteiger partial charge in [-0.25, -0.2) is 10.8 Å². The van der Waals surface area contributed by atoms with Crippen molar-refractivity contribution in [3.8, 4) is 0 Å². The Kier molecular flexibility index (Phi) is 3.81. The SMILES string of the molecule is CC(C)CN(C(=O)c1cccnc1NN)C1CC1. The lowest BCUT2D eigenvalue weighted by Gasteiger charge is -2.25. The summed E-state index contributed by atoms with van der Waals surface area (Å²) in [5.41, 5.74) is 3.03. The first kappa shape index (κ1) is 12.8. The zero-order valence-electron chi connectivity index (χ0n) is 10.9. The van der Waals surface area contributed by atoms with E-state index < -0.39 is 0 Å². The maximum atomic E-state index is 12.5. The summed E-state index contributed by atoms with van der Waals surface area (Å²) in [4.78, 5) is 18.6. The second-order valence-corrected chi connectivity index (χ2v) is 5.13. The van der Waals surface area contributed by atoms with Crippen molar-refractivity contribution in [1.29, 1.82) is 0 Å². The zero-order chi connectivity index (χ0) is 13.1. The van der Waals surface area contributed by atoms with Crippen molar-refractivity contribution in [3.63, 3.8) is 0 Å². The van der Waals surface area contributed by atoms with E-state index in [0.717, 1.165) is 19.4 Å². The van der Waals surface area contributed by atoms with Gasteiger partial charge < -0.3 is 10.3 Å². The topological polar surface area (TPSA) is 71.2 Å². The number of nitrogen functional groups attached to an aromatic ring is 1. The summed E-state index contributed by atoms with van der Waals surface area (Å²) in [6.07, 6.45) is 3.82. The van der Waals surface area contributed by atoms with Crippen LogP contribution < -0.4 is 11.3 Å². The van der Waals surface area contributed by atoms with Gasteiger partial charge in [-0.1, -0.05) is 13.8 Å². The van der Waals surface area contributed by atoms with Crippen LogP contribution in [0, 0.1) is 5.92 Å². The first-order valence-electron chi connectivity index (χ1n) is 6.36. The van der Waals surface area contributed by atoms with E-state index in [9.17, 15) is 4.79 Å². The largest absolute Gasteiger partial charge is 0.335 e. The molecule has 1 aromatic heterocycles. The maximum Gasteiger partial charge on any atom is 0.257 e. The molecule has 1 saturated carbocycles. The lowest BCUT2D eigenvalue weighted by molar-refractivity contribution is 0.0723. The number of nitrogens with two attached hydrogens (primary N) is 1. The van der Waals surface area contributed by atoms with Crippen molar-refractivity contribution < 1.29 is 4.79 Å². The van der Waals surface area contributed by atoms with Crippen LogP contribution >= 0.6 is 0 Å². The highest BCUT2D eigenvalue weighted by Gasteiger charge is 2.34. The molecule has 0 bridgehead atoms. The molecule has 5 nitrogen and oxygen atoms in total. The molecule has 0 unspecified atom stereocenters. The third-order valence-corrected chi connectivity index (χ3v) is 2.99. The Labute approximate surface area is 107 Å². The molecular weight excluding hydrogens is 228 g/mol. The number of aromatic nitrogens is 1. The number of hydrazine groups is 1. The first-order chi connectivity index (χ1) is 8.63. The van der Waals surface area contributed by atoms with E-state index in [-0.39, 0.29) is 5.91 Å². The van der Waals surface area contributed by atoms with Crippen LogP contribution in [-0.2, 0) is 0 Å². The molecule has 1 fully saturated rings. The summed E-state index contributed by atoms with van der Waals surface area (Å²) in [6, 6.07) is 3.92. The van der Waals surface area contributed by atoms with Gasteiger partial charge in [0.2, 0.25) is 0 Å². The molecule has 0 radical (unpaired) electrons. The van der Waals surface area contributed by atoms with Gasteiger partial charge in [-0.15, -0.1) is 0 Å². The minimum atomic E-state index is 0.0206. The summed E-state index contributed by atoms with van der Waals surface area (Å²) in [5.74, 6) is 6.32. The fourth-order valence-corrected chi connectivity index (χ4v) is 2.03. The van der Waals surface area contributed by atoms with Gasteiger partial charge in [-0.2, -0.15) is 0 Å². The van der Waals surface area contributed by atoms with Gasteiger partial charge in [0.15, 0.2) is 5.82 Å². The van der Waals surface area contributed by atoms with Crippen molar-refractivity contribution in [1.82, 2.24) is 9.88 Å². The molecule has 1 aliphatic rings.